The Bertz CT molecular complexity index is 825. The van der Waals surface area contributed by atoms with Gasteiger partial charge in [-0.1, -0.05) is 84.0 Å². The number of alkyl halides is 1. The van der Waals surface area contributed by atoms with Crippen molar-refractivity contribution >= 4 is 50.5 Å². The molecule has 0 spiro atoms. The molecular weight excluding hydrogens is 452 g/mol. The summed E-state index contributed by atoms with van der Waals surface area (Å²) < 4.78 is 1.92. The first kappa shape index (κ1) is 25.9. The van der Waals surface area contributed by atoms with Gasteiger partial charge in [-0.3, -0.25) is 9.78 Å². The number of hydrogen-bond donors (Lipinski definition) is 1. The number of nitrogens with two attached hydrogens (primary N) is 1. The quantitative estimate of drug-likeness (QED) is 0.277. The van der Waals surface area contributed by atoms with Crippen LogP contribution in [0.1, 0.15) is 33.7 Å². The van der Waals surface area contributed by atoms with Crippen molar-refractivity contribution in [2.75, 3.05) is 0 Å². The third-order valence-electron chi connectivity index (χ3n) is 3.37. The molecule has 0 radical (unpaired) electrons. The summed E-state index contributed by atoms with van der Waals surface area (Å²) in [5, 5.41) is 0. The van der Waals surface area contributed by atoms with Crippen molar-refractivity contribution in [3.05, 3.63) is 102 Å². The number of hydrogen-bond acceptors (Lipinski definition) is 5. The van der Waals surface area contributed by atoms with Gasteiger partial charge in [-0.2, -0.15) is 0 Å². The lowest BCUT2D eigenvalue weighted by Gasteiger charge is -2.08. The molecular formula is C22H23BrN2OS2. The summed E-state index contributed by atoms with van der Waals surface area (Å²) in [7, 11) is 0. The van der Waals surface area contributed by atoms with Crippen molar-refractivity contribution in [1.82, 2.24) is 4.98 Å². The molecule has 2 aromatic carbocycles. The van der Waals surface area contributed by atoms with Crippen LogP contribution in [0.5, 0.6) is 0 Å². The lowest BCUT2D eigenvalue weighted by Crippen LogP contribution is -2.06. The summed E-state index contributed by atoms with van der Waals surface area (Å²) in [5.41, 5.74) is 8.16. The molecule has 0 aliphatic carbocycles. The number of thiocarbonyl (C=S) groups is 2. The largest absolute Gasteiger partial charge is 0.326 e. The molecule has 1 atom stereocenters. The second-order valence-corrected chi connectivity index (χ2v) is 6.73. The standard InChI is InChI=1S/C14H11BrO.C6H8N2.CS2.CH4/c15-13(11-7-3-1-4-8-11)14(16)12-9-5-2-6-10-12;7-5-6-1-3-8-4-2-6;2-1-3;/h1-10,13H;1-4H,5,7H2;;1H4. The molecule has 1 unspecified atom stereocenters. The van der Waals surface area contributed by atoms with Gasteiger partial charge in [0.1, 0.15) is 4.83 Å². The van der Waals surface area contributed by atoms with E-state index in [1.54, 1.807) is 12.4 Å². The van der Waals surface area contributed by atoms with E-state index < -0.39 is 0 Å². The van der Waals surface area contributed by atoms with Gasteiger partial charge < -0.3 is 5.73 Å². The van der Waals surface area contributed by atoms with Gasteiger partial charge in [0, 0.05) is 28.8 Å². The molecule has 1 heterocycles. The minimum Gasteiger partial charge on any atom is -0.326 e. The predicted octanol–water partition coefficient (Wildman–Crippen LogP) is 6.20. The Morgan fingerprint density at radius 2 is 1.43 bits per heavy atom. The van der Waals surface area contributed by atoms with Crippen molar-refractivity contribution in [3.63, 3.8) is 0 Å². The third-order valence-corrected chi connectivity index (χ3v) is 4.31. The van der Waals surface area contributed by atoms with E-state index in [0.29, 0.717) is 6.54 Å². The average molecular weight is 475 g/mol. The van der Waals surface area contributed by atoms with Crippen molar-refractivity contribution in [2.45, 2.75) is 18.8 Å². The number of Topliss-reactive ketones (excluding diaryl/α,β-unsaturated/α-hetero) is 1. The zero-order valence-electron chi connectivity index (χ0n) is 14.5. The molecule has 0 fully saturated rings. The van der Waals surface area contributed by atoms with Crippen LogP contribution in [0.15, 0.2) is 85.2 Å². The van der Waals surface area contributed by atoms with Gasteiger partial charge in [0.25, 0.3) is 0 Å². The Balaban J connectivity index is 0.000000512. The van der Waals surface area contributed by atoms with Gasteiger partial charge in [0.15, 0.2) is 5.78 Å². The molecule has 0 aliphatic rings. The number of halogens is 1. The minimum atomic E-state index is -0.268. The van der Waals surface area contributed by atoms with Gasteiger partial charge in [-0.15, -0.1) is 0 Å². The van der Waals surface area contributed by atoms with Crippen LogP contribution < -0.4 is 5.73 Å². The number of carbonyl (C=O) groups is 1. The summed E-state index contributed by atoms with van der Waals surface area (Å²) >= 11 is 11.4. The Hall–Kier alpha value is -2.08. The molecule has 3 aromatic rings. The zero-order chi connectivity index (χ0) is 19.9. The van der Waals surface area contributed by atoms with Gasteiger partial charge >= 0.3 is 0 Å². The minimum absolute atomic E-state index is 0. The number of ketones is 1. The maximum atomic E-state index is 12.1. The molecule has 0 aliphatic heterocycles. The molecule has 3 nitrogen and oxygen atoms in total. The molecule has 0 bridgehead atoms. The molecule has 0 saturated heterocycles. The van der Waals surface area contributed by atoms with Crippen LogP contribution in [0, 0.1) is 0 Å². The fourth-order valence-corrected chi connectivity index (χ4v) is 2.61. The van der Waals surface area contributed by atoms with Crippen LogP contribution >= 0.6 is 40.4 Å². The van der Waals surface area contributed by atoms with Crippen LogP contribution in [0.3, 0.4) is 0 Å². The smallest absolute Gasteiger partial charge is 0.180 e. The van der Waals surface area contributed by atoms with Crippen LogP contribution in [0.4, 0.5) is 0 Å². The fourth-order valence-electron chi connectivity index (χ4n) is 2.04. The fraction of sp³-hybridized carbons (Fsp3) is 0.136. The highest BCUT2D eigenvalue weighted by Crippen LogP contribution is 2.26. The summed E-state index contributed by atoms with van der Waals surface area (Å²) in [6, 6.07) is 22.8. The first-order valence-corrected chi connectivity index (χ1v) is 9.73. The molecule has 0 saturated carbocycles. The number of aromatic nitrogens is 1. The number of pyridine rings is 1. The molecule has 146 valence electrons. The van der Waals surface area contributed by atoms with Gasteiger partial charge in [0.2, 0.25) is 0 Å². The highest BCUT2D eigenvalue weighted by atomic mass is 79.9. The summed E-state index contributed by atoms with van der Waals surface area (Å²) in [4.78, 5) is 15.7. The van der Waals surface area contributed by atoms with E-state index in [2.05, 4.69) is 45.3 Å². The topological polar surface area (TPSA) is 56.0 Å². The Labute approximate surface area is 186 Å². The predicted molar refractivity (Wildman–Crippen MR) is 128 cm³/mol. The first-order valence-electron chi connectivity index (χ1n) is 8.00. The Kier molecular flexibility index (Phi) is 14.7. The van der Waals surface area contributed by atoms with E-state index in [1.807, 2.05) is 77.1 Å². The molecule has 6 heteroatoms. The lowest BCUT2D eigenvalue weighted by molar-refractivity contribution is 0.0991. The maximum Gasteiger partial charge on any atom is 0.180 e. The van der Waals surface area contributed by atoms with Crippen LogP contribution in [-0.4, -0.2) is 15.1 Å². The van der Waals surface area contributed by atoms with Crippen LogP contribution in [0.25, 0.3) is 0 Å². The van der Waals surface area contributed by atoms with Gasteiger partial charge in [-0.25, -0.2) is 0 Å². The second kappa shape index (κ2) is 15.9. The van der Waals surface area contributed by atoms with E-state index >= 15 is 0 Å². The highest BCUT2D eigenvalue weighted by Gasteiger charge is 2.17. The van der Waals surface area contributed by atoms with Crippen molar-refractivity contribution < 1.29 is 4.79 Å². The highest BCUT2D eigenvalue weighted by molar-refractivity contribution is 9.09. The van der Waals surface area contributed by atoms with Crippen molar-refractivity contribution in [2.24, 2.45) is 5.73 Å². The van der Waals surface area contributed by atoms with E-state index in [4.69, 9.17) is 5.73 Å². The zero-order valence-corrected chi connectivity index (χ0v) is 17.7. The average Bonchev–Trinajstić information content (AvgIpc) is 2.75. The van der Waals surface area contributed by atoms with Gasteiger partial charge in [-0.05, 0) is 47.7 Å². The maximum absolute atomic E-state index is 12.1. The first-order chi connectivity index (χ1) is 13.1. The normalized spacial score (nSPS) is 9.79. The van der Waals surface area contributed by atoms with Crippen LogP contribution in [-0.2, 0) is 6.54 Å². The molecule has 2 N–H and O–H groups in total. The monoisotopic (exact) mass is 474 g/mol. The third kappa shape index (κ3) is 9.74. The number of benzene rings is 2. The van der Waals surface area contributed by atoms with Crippen LogP contribution in [0.2, 0.25) is 0 Å². The lowest BCUT2D eigenvalue weighted by atomic mass is 10.0. The number of rotatable bonds is 4. The van der Waals surface area contributed by atoms with Crippen molar-refractivity contribution in [3.8, 4) is 0 Å². The second-order valence-electron chi connectivity index (χ2n) is 5.15. The van der Waals surface area contributed by atoms with E-state index in [9.17, 15) is 4.79 Å². The van der Waals surface area contributed by atoms with E-state index in [1.165, 1.54) is 0 Å². The van der Waals surface area contributed by atoms with Crippen molar-refractivity contribution in [1.29, 1.82) is 0 Å². The summed E-state index contributed by atoms with van der Waals surface area (Å²) in [6.45, 7) is 0.600. The Morgan fingerprint density at radius 3 is 1.86 bits per heavy atom. The van der Waals surface area contributed by atoms with E-state index in [-0.39, 0.29) is 18.0 Å². The SMILES string of the molecule is C.NCc1ccncc1.O=C(c1ccccc1)C(Br)c1ccccc1.S=C=S. The molecule has 28 heavy (non-hydrogen) atoms. The van der Waals surface area contributed by atoms with E-state index in [0.717, 1.165) is 16.7 Å². The molecule has 1 aromatic heterocycles. The van der Waals surface area contributed by atoms with Gasteiger partial charge in [0.05, 0.1) is 0 Å². The Morgan fingerprint density at radius 1 is 0.964 bits per heavy atom. The summed E-state index contributed by atoms with van der Waals surface area (Å²) in [5.74, 6) is 0.0896. The summed E-state index contributed by atoms with van der Waals surface area (Å²) in [6.07, 6.45) is 3.48. The number of nitrogens with zero attached hydrogens (tertiary/aromatic N) is 1. The molecule has 3 rings (SSSR count). The number of carbonyl (C=O) groups excluding carboxylic acids is 1. The molecule has 0 amide bonds.